The minimum absolute atomic E-state index is 0.109. The van der Waals surface area contributed by atoms with Crippen LogP contribution in [0.3, 0.4) is 0 Å². The molecule has 0 bridgehead atoms. The molecule has 0 saturated carbocycles. The summed E-state index contributed by atoms with van der Waals surface area (Å²) in [6.07, 6.45) is 0. The van der Waals surface area contributed by atoms with Gasteiger partial charge in [0.1, 0.15) is 18.1 Å². The summed E-state index contributed by atoms with van der Waals surface area (Å²) < 4.78 is 15.7. The third-order valence-corrected chi connectivity index (χ3v) is 2.48. The fraction of sp³-hybridized carbons (Fsp3) is 0.308. The number of hydrogen-bond donors (Lipinski definition) is 1. The quantitative estimate of drug-likeness (QED) is 0.878. The van der Waals surface area contributed by atoms with Gasteiger partial charge in [-0.05, 0) is 25.1 Å². The number of benzene rings is 1. The number of aryl methyl sites for hydroxylation is 1. The molecule has 0 amide bonds. The predicted molar refractivity (Wildman–Crippen MR) is 64.5 cm³/mol. The van der Waals surface area contributed by atoms with Crippen LogP contribution in [0.4, 0.5) is 0 Å². The van der Waals surface area contributed by atoms with E-state index in [1.807, 2.05) is 13.0 Å². The first-order chi connectivity index (χ1) is 8.72. The van der Waals surface area contributed by atoms with Gasteiger partial charge in [-0.1, -0.05) is 5.16 Å². The van der Waals surface area contributed by atoms with Gasteiger partial charge in [-0.15, -0.1) is 0 Å². The molecule has 5 heteroatoms. The summed E-state index contributed by atoms with van der Waals surface area (Å²) >= 11 is 0. The second-order valence-corrected chi connectivity index (χ2v) is 3.86. The molecule has 1 aromatic carbocycles. The van der Waals surface area contributed by atoms with E-state index in [-0.39, 0.29) is 13.2 Å². The van der Waals surface area contributed by atoms with E-state index < -0.39 is 0 Å². The smallest absolute Gasteiger partial charge is 0.174 e. The molecule has 1 N–H and O–H groups in total. The predicted octanol–water partition coefficient (Wildman–Crippen LogP) is 2.06. The largest absolute Gasteiger partial charge is 0.497 e. The summed E-state index contributed by atoms with van der Waals surface area (Å²) in [7, 11) is 1.58. The average Bonchev–Trinajstić information content (AvgIpc) is 2.82. The number of aliphatic hydroxyl groups is 1. The molecule has 0 unspecified atom stereocenters. The molecule has 0 aliphatic heterocycles. The number of hydrogen-bond acceptors (Lipinski definition) is 5. The summed E-state index contributed by atoms with van der Waals surface area (Å²) in [5, 5.41) is 13.0. The minimum Gasteiger partial charge on any atom is -0.497 e. The van der Waals surface area contributed by atoms with E-state index in [0.29, 0.717) is 22.8 Å². The highest BCUT2D eigenvalue weighted by molar-refractivity contribution is 5.39. The van der Waals surface area contributed by atoms with Crippen LogP contribution in [-0.4, -0.2) is 17.4 Å². The molecule has 0 radical (unpaired) electrons. The normalized spacial score (nSPS) is 10.4. The van der Waals surface area contributed by atoms with Gasteiger partial charge in [-0.2, -0.15) is 0 Å². The summed E-state index contributed by atoms with van der Waals surface area (Å²) in [4.78, 5) is 0. The van der Waals surface area contributed by atoms with Crippen molar-refractivity contribution in [3.63, 3.8) is 0 Å². The van der Waals surface area contributed by atoms with Crippen molar-refractivity contribution >= 4 is 0 Å². The minimum atomic E-state index is -0.109. The third kappa shape index (κ3) is 2.81. The molecule has 18 heavy (non-hydrogen) atoms. The van der Waals surface area contributed by atoms with Crippen LogP contribution in [0.1, 0.15) is 17.0 Å². The van der Waals surface area contributed by atoms with Crippen molar-refractivity contribution in [1.82, 2.24) is 5.16 Å². The Morgan fingerprint density at radius 3 is 2.78 bits per heavy atom. The Labute approximate surface area is 105 Å². The van der Waals surface area contributed by atoms with Crippen LogP contribution in [-0.2, 0) is 13.2 Å². The SMILES string of the molecule is COc1ccc(OCc2cc(C)no2)c(CO)c1. The lowest BCUT2D eigenvalue weighted by Crippen LogP contribution is -1.98. The van der Waals surface area contributed by atoms with Crippen LogP contribution >= 0.6 is 0 Å². The van der Waals surface area contributed by atoms with Crippen LogP contribution in [0.2, 0.25) is 0 Å². The van der Waals surface area contributed by atoms with Crippen LogP contribution in [0.25, 0.3) is 0 Å². The lowest BCUT2D eigenvalue weighted by molar-refractivity contribution is 0.232. The molecule has 0 aliphatic rings. The fourth-order valence-corrected chi connectivity index (χ4v) is 1.58. The molecule has 0 aliphatic carbocycles. The topological polar surface area (TPSA) is 64.7 Å². The molecule has 96 valence electrons. The van der Waals surface area contributed by atoms with Crippen LogP contribution in [0.5, 0.6) is 11.5 Å². The number of aliphatic hydroxyl groups excluding tert-OH is 1. The Hall–Kier alpha value is -2.01. The molecule has 0 fully saturated rings. The zero-order valence-electron chi connectivity index (χ0n) is 10.3. The van der Waals surface area contributed by atoms with E-state index in [4.69, 9.17) is 14.0 Å². The van der Waals surface area contributed by atoms with Crippen molar-refractivity contribution in [1.29, 1.82) is 0 Å². The average molecular weight is 249 g/mol. The highest BCUT2D eigenvalue weighted by Gasteiger charge is 2.07. The maximum Gasteiger partial charge on any atom is 0.174 e. The van der Waals surface area contributed by atoms with Crippen molar-refractivity contribution in [3.8, 4) is 11.5 Å². The number of ether oxygens (including phenoxy) is 2. The molecule has 2 aromatic rings. The van der Waals surface area contributed by atoms with Gasteiger partial charge < -0.3 is 19.1 Å². The highest BCUT2D eigenvalue weighted by atomic mass is 16.5. The lowest BCUT2D eigenvalue weighted by Gasteiger charge is -2.10. The van der Waals surface area contributed by atoms with Gasteiger partial charge >= 0.3 is 0 Å². The zero-order chi connectivity index (χ0) is 13.0. The van der Waals surface area contributed by atoms with Gasteiger partial charge in [-0.25, -0.2) is 0 Å². The van der Waals surface area contributed by atoms with Crippen molar-refractivity contribution in [2.24, 2.45) is 0 Å². The Morgan fingerprint density at radius 2 is 2.17 bits per heavy atom. The maximum absolute atomic E-state index is 9.27. The van der Waals surface area contributed by atoms with Crippen LogP contribution in [0, 0.1) is 6.92 Å². The molecular formula is C13H15NO4. The first kappa shape index (κ1) is 12.4. The van der Waals surface area contributed by atoms with Crippen LogP contribution < -0.4 is 9.47 Å². The van der Waals surface area contributed by atoms with Gasteiger partial charge in [0.05, 0.1) is 19.4 Å². The summed E-state index contributed by atoms with van der Waals surface area (Å²) in [5.74, 6) is 1.93. The number of rotatable bonds is 5. The molecule has 0 spiro atoms. The van der Waals surface area contributed by atoms with Crippen LogP contribution in [0.15, 0.2) is 28.8 Å². The van der Waals surface area contributed by atoms with Gasteiger partial charge in [0, 0.05) is 11.6 Å². The van der Waals surface area contributed by atoms with Crippen molar-refractivity contribution in [3.05, 3.63) is 41.3 Å². The fourth-order valence-electron chi connectivity index (χ4n) is 1.58. The Kier molecular flexibility index (Phi) is 3.84. The van der Waals surface area contributed by atoms with Gasteiger partial charge in [0.15, 0.2) is 5.76 Å². The Bertz CT molecular complexity index is 521. The first-order valence-corrected chi connectivity index (χ1v) is 5.55. The summed E-state index contributed by atoms with van der Waals surface area (Å²) in [5.41, 5.74) is 1.48. The Balaban J connectivity index is 2.08. The van der Waals surface area contributed by atoms with E-state index >= 15 is 0 Å². The lowest BCUT2D eigenvalue weighted by atomic mass is 10.2. The second kappa shape index (κ2) is 5.55. The summed E-state index contributed by atoms with van der Waals surface area (Å²) in [6.45, 7) is 2.02. The van der Waals surface area contributed by atoms with E-state index in [1.54, 1.807) is 25.3 Å². The Morgan fingerprint density at radius 1 is 1.33 bits per heavy atom. The molecule has 1 heterocycles. The van der Waals surface area contributed by atoms with Crippen molar-refractivity contribution < 1.29 is 19.1 Å². The van der Waals surface area contributed by atoms with E-state index in [0.717, 1.165) is 5.69 Å². The van der Waals surface area contributed by atoms with Gasteiger partial charge in [0.2, 0.25) is 0 Å². The molecule has 0 atom stereocenters. The van der Waals surface area contributed by atoms with Crippen molar-refractivity contribution in [2.75, 3.05) is 7.11 Å². The van der Waals surface area contributed by atoms with E-state index in [9.17, 15) is 5.11 Å². The molecular weight excluding hydrogens is 234 g/mol. The molecule has 0 saturated heterocycles. The third-order valence-electron chi connectivity index (χ3n) is 2.48. The first-order valence-electron chi connectivity index (χ1n) is 5.55. The molecule has 2 rings (SSSR count). The van der Waals surface area contributed by atoms with Crippen molar-refractivity contribution in [2.45, 2.75) is 20.1 Å². The monoisotopic (exact) mass is 249 g/mol. The number of methoxy groups -OCH3 is 1. The molecule has 1 aromatic heterocycles. The van der Waals surface area contributed by atoms with Gasteiger partial charge in [-0.3, -0.25) is 0 Å². The standard InChI is InChI=1S/C13H15NO4/c1-9-5-12(18-14-9)8-17-13-4-3-11(16-2)6-10(13)7-15/h3-6,15H,7-8H2,1-2H3. The molecule has 5 nitrogen and oxygen atoms in total. The van der Waals surface area contributed by atoms with Gasteiger partial charge in [0.25, 0.3) is 0 Å². The number of nitrogens with zero attached hydrogens (tertiary/aromatic N) is 1. The second-order valence-electron chi connectivity index (χ2n) is 3.86. The zero-order valence-corrected chi connectivity index (χ0v) is 10.3. The maximum atomic E-state index is 9.27. The van der Waals surface area contributed by atoms with E-state index in [1.165, 1.54) is 0 Å². The number of aromatic nitrogens is 1. The van der Waals surface area contributed by atoms with E-state index in [2.05, 4.69) is 5.16 Å². The summed E-state index contributed by atoms with van der Waals surface area (Å²) in [6, 6.07) is 7.08. The highest BCUT2D eigenvalue weighted by Crippen LogP contribution is 2.25.